The Hall–Kier alpha value is -1.14. The summed E-state index contributed by atoms with van der Waals surface area (Å²) in [5.41, 5.74) is 0. The molecule has 0 aromatic heterocycles. The van der Waals surface area contributed by atoms with Gasteiger partial charge in [-0.05, 0) is 12.8 Å². The Kier molecular flexibility index (Phi) is 28.5. The van der Waals surface area contributed by atoms with Crippen molar-refractivity contribution in [2.24, 2.45) is 0 Å². The average Bonchev–Trinajstić information content (AvgIpc) is 2.90. The SMILES string of the molecule is CCCCCCCCCCCCCC(=O)OCC(COC(=O)CCCCCCCCCCCCC)OO. The zero-order valence-corrected chi connectivity index (χ0v) is 24.5. The van der Waals surface area contributed by atoms with Crippen molar-refractivity contribution in [2.45, 2.75) is 174 Å². The first-order valence-electron chi connectivity index (χ1n) is 15.7. The number of carbonyl (C=O) groups excluding carboxylic acids is 2. The Bertz CT molecular complexity index is 454. The lowest BCUT2D eigenvalue weighted by Gasteiger charge is -2.14. The van der Waals surface area contributed by atoms with E-state index < -0.39 is 6.10 Å². The Morgan fingerprint density at radius 2 is 0.757 bits per heavy atom. The minimum Gasteiger partial charge on any atom is -0.463 e. The van der Waals surface area contributed by atoms with E-state index in [0.29, 0.717) is 12.8 Å². The molecule has 0 heterocycles. The molecule has 0 aliphatic rings. The molecule has 6 nitrogen and oxygen atoms in total. The molecular formula is C31H60O6. The van der Waals surface area contributed by atoms with Crippen molar-refractivity contribution < 1.29 is 29.2 Å². The minimum atomic E-state index is -0.845. The zero-order valence-electron chi connectivity index (χ0n) is 24.5. The fourth-order valence-electron chi connectivity index (χ4n) is 4.49. The summed E-state index contributed by atoms with van der Waals surface area (Å²) in [5.74, 6) is -0.601. The lowest BCUT2D eigenvalue weighted by atomic mass is 10.1. The van der Waals surface area contributed by atoms with Gasteiger partial charge in [-0.2, -0.15) is 0 Å². The highest BCUT2D eigenvalue weighted by Gasteiger charge is 2.15. The van der Waals surface area contributed by atoms with Crippen LogP contribution in [0.25, 0.3) is 0 Å². The fraction of sp³-hybridized carbons (Fsp3) is 0.935. The van der Waals surface area contributed by atoms with Gasteiger partial charge in [-0.15, -0.1) is 0 Å². The van der Waals surface area contributed by atoms with Gasteiger partial charge in [-0.3, -0.25) is 14.8 Å². The number of unbranched alkanes of at least 4 members (excludes halogenated alkanes) is 20. The summed E-state index contributed by atoms with van der Waals surface area (Å²) < 4.78 is 10.4. The topological polar surface area (TPSA) is 82.1 Å². The molecule has 0 bridgehead atoms. The van der Waals surface area contributed by atoms with Crippen LogP contribution in [0.1, 0.15) is 168 Å². The normalized spacial score (nSPS) is 11.2. The van der Waals surface area contributed by atoms with Crippen LogP contribution in [0.5, 0.6) is 0 Å². The lowest BCUT2D eigenvalue weighted by Crippen LogP contribution is -2.27. The van der Waals surface area contributed by atoms with Crippen LogP contribution in [0.3, 0.4) is 0 Å². The summed E-state index contributed by atoms with van der Waals surface area (Å²) in [6.45, 7) is 4.26. The third-order valence-electron chi connectivity index (χ3n) is 6.98. The molecular weight excluding hydrogens is 468 g/mol. The van der Waals surface area contributed by atoms with Crippen LogP contribution in [0.15, 0.2) is 0 Å². The first-order valence-corrected chi connectivity index (χ1v) is 15.7. The Labute approximate surface area is 228 Å². The highest BCUT2D eigenvalue weighted by Crippen LogP contribution is 2.13. The van der Waals surface area contributed by atoms with Crippen LogP contribution in [-0.2, 0) is 24.0 Å². The number of rotatable bonds is 29. The van der Waals surface area contributed by atoms with Gasteiger partial charge in [0.25, 0.3) is 0 Å². The molecule has 0 aromatic carbocycles. The van der Waals surface area contributed by atoms with E-state index in [1.165, 1.54) is 103 Å². The molecule has 0 aromatic rings. The van der Waals surface area contributed by atoms with Crippen LogP contribution in [0.4, 0.5) is 0 Å². The zero-order chi connectivity index (χ0) is 27.2. The number of esters is 2. The van der Waals surface area contributed by atoms with E-state index in [4.69, 9.17) is 14.7 Å². The van der Waals surface area contributed by atoms with Gasteiger partial charge in [-0.1, -0.05) is 142 Å². The van der Waals surface area contributed by atoms with Gasteiger partial charge in [0.2, 0.25) is 0 Å². The smallest absolute Gasteiger partial charge is 0.305 e. The Morgan fingerprint density at radius 3 is 1.03 bits per heavy atom. The second-order valence-corrected chi connectivity index (χ2v) is 10.7. The number of ether oxygens (including phenoxy) is 2. The quantitative estimate of drug-likeness (QED) is 0.0451. The predicted octanol–water partition coefficient (Wildman–Crippen LogP) is 9.33. The summed E-state index contributed by atoms with van der Waals surface area (Å²) >= 11 is 0. The van der Waals surface area contributed by atoms with E-state index in [0.717, 1.165) is 38.5 Å². The second kappa shape index (κ2) is 29.4. The van der Waals surface area contributed by atoms with E-state index in [9.17, 15) is 9.59 Å². The van der Waals surface area contributed by atoms with E-state index in [-0.39, 0.29) is 25.2 Å². The highest BCUT2D eigenvalue weighted by molar-refractivity contribution is 5.69. The van der Waals surface area contributed by atoms with Crippen molar-refractivity contribution in [1.29, 1.82) is 0 Å². The third kappa shape index (κ3) is 27.7. The highest BCUT2D eigenvalue weighted by atomic mass is 17.1. The average molecular weight is 529 g/mol. The maximum absolute atomic E-state index is 11.9. The molecule has 0 aliphatic carbocycles. The van der Waals surface area contributed by atoms with Gasteiger partial charge in [0.05, 0.1) is 0 Å². The largest absolute Gasteiger partial charge is 0.463 e. The lowest BCUT2D eigenvalue weighted by molar-refractivity contribution is -0.292. The van der Waals surface area contributed by atoms with Gasteiger partial charge in [0, 0.05) is 12.8 Å². The molecule has 0 saturated carbocycles. The van der Waals surface area contributed by atoms with Crippen molar-refractivity contribution in [3.8, 4) is 0 Å². The van der Waals surface area contributed by atoms with Crippen molar-refractivity contribution in [1.82, 2.24) is 0 Å². The number of carbonyl (C=O) groups is 2. The van der Waals surface area contributed by atoms with Crippen LogP contribution in [0.2, 0.25) is 0 Å². The molecule has 0 fully saturated rings. The summed E-state index contributed by atoms with van der Waals surface area (Å²) in [5, 5.41) is 9.02. The van der Waals surface area contributed by atoms with Crippen LogP contribution in [0, 0.1) is 0 Å². The van der Waals surface area contributed by atoms with Gasteiger partial charge in [-0.25, -0.2) is 4.89 Å². The minimum absolute atomic E-state index is 0.112. The first kappa shape index (κ1) is 35.9. The van der Waals surface area contributed by atoms with Crippen LogP contribution >= 0.6 is 0 Å². The number of hydrogen-bond acceptors (Lipinski definition) is 6. The van der Waals surface area contributed by atoms with Crippen molar-refractivity contribution in [3.63, 3.8) is 0 Å². The molecule has 220 valence electrons. The summed E-state index contributed by atoms with van der Waals surface area (Å²) in [7, 11) is 0. The summed E-state index contributed by atoms with van der Waals surface area (Å²) in [6, 6.07) is 0. The summed E-state index contributed by atoms with van der Waals surface area (Å²) in [4.78, 5) is 28.2. The van der Waals surface area contributed by atoms with Gasteiger partial charge >= 0.3 is 11.9 Å². The maximum Gasteiger partial charge on any atom is 0.305 e. The van der Waals surface area contributed by atoms with Crippen LogP contribution < -0.4 is 0 Å². The molecule has 0 rings (SSSR count). The van der Waals surface area contributed by atoms with Crippen LogP contribution in [-0.4, -0.2) is 36.5 Å². The molecule has 0 radical (unpaired) electrons. The van der Waals surface area contributed by atoms with E-state index in [1.807, 2.05) is 0 Å². The fourth-order valence-corrected chi connectivity index (χ4v) is 4.49. The molecule has 0 unspecified atom stereocenters. The molecule has 6 heteroatoms. The number of hydrogen-bond donors (Lipinski definition) is 1. The third-order valence-corrected chi connectivity index (χ3v) is 6.98. The first-order chi connectivity index (χ1) is 18.1. The molecule has 0 spiro atoms. The van der Waals surface area contributed by atoms with Gasteiger partial charge in [0.15, 0.2) is 6.10 Å². The molecule has 37 heavy (non-hydrogen) atoms. The van der Waals surface area contributed by atoms with E-state index >= 15 is 0 Å². The van der Waals surface area contributed by atoms with E-state index in [2.05, 4.69) is 18.7 Å². The predicted molar refractivity (Wildman–Crippen MR) is 152 cm³/mol. The van der Waals surface area contributed by atoms with Crippen molar-refractivity contribution in [2.75, 3.05) is 13.2 Å². The second-order valence-electron chi connectivity index (χ2n) is 10.7. The molecule has 0 atom stereocenters. The Morgan fingerprint density at radius 1 is 0.486 bits per heavy atom. The van der Waals surface area contributed by atoms with Gasteiger partial charge < -0.3 is 9.47 Å². The molecule has 1 N–H and O–H groups in total. The molecule has 0 saturated heterocycles. The maximum atomic E-state index is 11.9. The van der Waals surface area contributed by atoms with E-state index in [1.54, 1.807) is 0 Å². The molecule has 0 amide bonds. The van der Waals surface area contributed by atoms with Crippen molar-refractivity contribution in [3.05, 3.63) is 0 Å². The van der Waals surface area contributed by atoms with Crippen molar-refractivity contribution >= 4 is 11.9 Å². The Balaban J connectivity index is 3.55. The monoisotopic (exact) mass is 528 g/mol. The standard InChI is InChI=1S/C31H60O6/c1-3-5-7-9-11-13-15-17-19-21-23-25-30(32)35-27-29(37-34)28-36-31(33)26-24-22-20-18-16-14-12-10-8-6-4-2/h29,34H,3-28H2,1-2H3. The molecule has 0 aliphatic heterocycles. The van der Waals surface area contributed by atoms with Gasteiger partial charge in [0.1, 0.15) is 13.2 Å². The summed E-state index contributed by atoms with van der Waals surface area (Å²) in [6.07, 6.45) is 27.0.